The van der Waals surface area contributed by atoms with Crippen LogP contribution in [0.2, 0.25) is 0 Å². The smallest absolute Gasteiger partial charge is 0.242 e. The summed E-state index contributed by atoms with van der Waals surface area (Å²) >= 11 is 0. The van der Waals surface area contributed by atoms with Crippen LogP contribution in [0.4, 0.5) is 4.39 Å². The summed E-state index contributed by atoms with van der Waals surface area (Å²) in [6.07, 6.45) is 6.34. The van der Waals surface area contributed by atoms with Gasteiger partial charge in [0.1, 0.15) is 11.9 Å². The summed E-state index contributed by atoms with van der Waals surface area (Å²) < 4.78 is 13.2. The van der Waals surface area contributed by atoms with Gasteiger partial charge in [-0.25, -0.2) is 4.39 Å². The molecule has 0 saturated heterocycles. The molecule has 2 aromatic carbocycles. The van der Waals surface area contributed by atoms with Crippen LogP contribution in [0.3, 0.4) is 0 Å². The van der Waals surface area contributed by atoms with Crippen LogP contribution in [0.5, 0.6) is 0 Å². The Kier molecular flexibility index (Phi) is 8.00. The Morgan fingerprint density at radius 2 is 1.67 bits per heavy atom. The predicted octanol–water partition coefficient (Wildman–Crippen LogP) is 4.28. The Morgan fingerprint density at radius 1 is 1.00 bits per heavy atom. The first-order valence-electron chi connectivity index (χ1n) is 10.9. The third-order valence-electron chi connectivity index (χ3n) is 5.87. The maximum Gasteiger partial charge on any atom is 0.242 e. The van der Waals surface area contributed by atoms with Crippen LogP contribution in [-0.4, -0.2) is 35.3 Å². The molecule has 0 aromatic heterocycles. The molecule has 0 heterocycles. The fraction of sp³-hybridized carbons (Fsp3) is 0.440. The van der Waals surface area contributed by atoms with Gasteiger partial charge in [0, 0.05) is 12.6 Å². The highest BCUT2D eigenvalue weighted by atomic mass is 19.1. The average molecular weight is 411 g/mol. The fourth-order valence-electron chi connectivity index (χ4n) is 4.02. The van der Waals surface area contributed by atoms with E-state index in [0.717, 1.165) is 36.8 Å². The minimum Gasteiger partial charge on any atom is -0.352 e. The van der Waals surface area contributed by atoms with Crippen molar-refractivity contribution in [1.82, 2.24) is 10.2 Å². The minimum atomic E-state index is -0.552. The second kappa shape index (κ2) is 10.9. The van der Waals surface area contributed by atoms with Crippen molar-refractivity contribution in [2.75, 3.05) is 6.54 Å². The second-order valence-electron chi connectivity index (χ2n) is 8.15. The van der Waals surface area contributed by atoms with E-state index in [0.29, 0.717) is 13.0 Å². The summed E-state index contributed by atoms with van der Waals surface area (Å²) in [6, 6.07) is 15.6. The number of nitrogens with one attached hydrogen (secondary N) is 1. The van der Waals surface area contributed by atoms with Gasteiger partial charge in [0.2, 0.25) is 11.8 Å². The molecule has 1 aliphatic carbocycles. The van der Waals surface area contributed by atoms with Gasteiger partial charge in [-0.15, -0.1) is 0 Å². The van der Waals surface area contributed by atoms with Crippen LogP contribution in [0.25, 0.3) is 0 Å². The number of carbonyl (C=O) groups excluding carboxylic acids is 2. The van der Waals surface area contributed by atoms with Crippen LogP contribution in [-0.2, 0) is 22.4 Å². The van der Waals surface area contributed by atoms with Crippen LogP contribution in [0, 0.1) is 5.82 Å². The van der Waals surface area contributed by atoms with Crippen LogP contribution < -0.4 is 5.32 Å². The molecule has 2 amide bonds. The normalized spacial score (nSPS) is 15.4. The number of benzene rings is 2. The monoisotopic (exact) mass is 410 g/mol. The van der Waals surface area contributed by atoms with E-state index in [-0.39, 0.29) is 30.1 Å². The van der Waals surface area contributed by atoms with E-state index in [1.807, 2.05) is 30.3 Å². The molecule has 4 nitrogen and oxygen atoms in total. The highest BCUT2D eigenvalue weighted by Gasteiger charge is 2.27. The van der Waals surface area contributed by atoms with E-state index >= 15 is 0 Å². The third kappa shape index (κ3) is 6.41. The standard InChI is InChI=1S/C25H31FN2O2/c1-19(25(30)27-23-10-6-3-7-11-23)28(17-16-20-8-4-2-5-9-20)24(29)18-21-12-14-22(26)15-13-21/h2,4-5,8-9,12-15,19,23H,3,6-7,10-11,16-18H2,1H3,(H,27,30). The second-order valence-corrected chi connectivity index (χ2v) is 8.15. The molecule has 0 radical (unpaired) electrons. The van der Waals surface area contributed by atoms with E-state index in [2.05, 4.69) is 5.32 Å². The van der Waals surface area contributed by atoms with Gasteiger partial charge in [0.15, 0.2) is 0 Å². The lowest BCUT2D eigenvalue weighted by Crippen LogP contribution is -2.51. The highest BCUT2D eigenvalue weighted by molar-refractivity contribution is 5.88. The Balaban J connectivity index is 1.68. The minimum absolute atomic E-state index is 0.0950. The molecule has 2 aromatic rings. The SMILES string of the molecule is CC(C(=O)NC1CCCCC1)N(CCc1ccccc1)C(=O)Cc1ccc(F)cc1. The molecule has 30 heavy (non-hydrogen) atoms. The molecule has 3 rings (SSSR count). The van der Waals surface area contributed by atoms with Crippen molar-refractivity contribution in [3.63, 3.8) is 0 Å². The predicted molar refractivity (Wildman–Crippen MR) is 116 cm³/mol. The van der Waals surface area contributed by atoms with Gasteiger partial charge in [-0.1, -0.05) is 61.7 Å². The molecule has 1 fully saturated rings. The summed E-state index contributed by atoms with van der Waals surface area (Å²) in [5.41, 5.74) is 1.86. The van der Waals surface area contributed by atoms with Gasteiger partial charge < -0.3 is 10.2 Å². The van der Waals surface area contributed by atoms with Crippen molar-refractivity contribution in [3.05, 3.63) is 71.5 Å². The topological polar surface area (TPSA) is 49.4 Å². The zero-order valence-electron chi connectivity index (χ0n) is 17.6. The molecular weight excluding hydrogens is 379 g/mol. The van der Waals surface area contributed by atoms with Gasteiger partial charge in [-0.3, -0.25) is 9.59 Å². The van der Waals surface area contributed by atoms with Crippen molar-refractivity contribution in [2.24, 2.45) is 0 Å². The molecule has 0 bridgehead atoms. The lowest BCUT2D eigenvalue weighted by atomic mass is 9.95. The lowest BCUT2D eigenvalue weighted by Gasteiger charge is -2.31. The van der Waals surface area contributed by atoms with Gasteiger partial charge >= 0.3 is 0 Å². The molecule has 1 aliphatic rings. The number of halogens is 1. The Morgan fingerprint density at radius 3 is 2.33 bits per heavy atom. The zero-order valence-corrected chi connectivity index (χ0v) is 17.6. The lowest BCUT2D eigenvalue weighted by molar-refractivity contribution is -0.139. The van der Waals surface area contributed by atoms with Gasteiger partial charge in [0.05, 0.1) is 6.42 Å². The number of nitrogens with zero attached hydrogens (tertiary/aromatic N) is 1. The number of carbonyl (C=O) groups is 2. The molecule has 0 aliphatic heterocycles. The largest absolute Gasteiger partial charge is 0.352 e. The van der Waals surface area contributed by atoms with E-state index in [1.165, 1.54) is 18.6 Å². The summed E-state index contributed by atoms with van der Waals surface area (Å²) in [6.45, 7) is 2.26. The summed E-state index contributed by atoms with van der Waals surface area (Å²) in [5.74, 6) is -0.543. The highest BCUT2D eigenvalue weighted by Crippen LogP contribution is 2.18. The summed E-state index contributed by atoms with van der Waals surface area (Å²) in [5, 5.41) is 3.14. The van der Waals surface area contributed by atoms with Crippen molar-refractivity contribution in [3.8, 4) is 0 Å². The van der Waals surface area contributed by atoms with Gasteiger partial charge in [0.25, 0.3) is 0 Å². The van der Waals surface area contributed by atoms with Gasteiger partial charge in [-0.05, 0) is 49.4 Å². The third-order valence-corrected chi connectivity index (χ3v) is 5.87. The van der Waals surface area contributed by atoms with E-state index < -0.39 is 6.04 Å². The van der Waals surface area contributed by atoms with Crippen LogP contribution >= 0.6 is 0 Å². The van der Waals surface area contributed by atoms with Crippen molar-refractivity contribution in [1.29, 1.82) is 0 Å². The first-order valence-corrected chi connectivity index (χ1v) is 10.9. The van der Waals surface area contributed by atoms with Crippen molar-refractivity contribution in [2.45, 2.75) is 64.0 Å². The Bertz CT molecular complexity index is 817. The number of hydrogen-bond acceptors (Lipinski definition) is 2. The van der Waals surface area contributed by atoms with E-state index in [4.69, 9.17) is 0 Å². The molecule has 1 saturated carbocycles. The average Bonchev–Trinajstić information content (AvgIpc) is 2.77. The number of amides is 2. The maximum absolute atomic E-state index is 13.2. The Hall–Kier alpha value is -2.69. The van der Waals surface area contributed by atoms with Crippen molar-refractivity contribution < 1.29 is 14.0 Å². The van der Waals surface area contributed by atoms with Crippen LogP contribution in [0.1, 0.15) is 50.2 Å². The van der Waals surface area contributed by atoms with Crippen molar-refractivity contribution >= 4 is 11.8 Å². The molecular formula is C25H31FN2O2. The molecule has 0 spiro atoms. The van der Waals surface area contributed by atoms with E-state index in [1.54, 1.807) is 24.0 Å². The summed E-state index contributed by atoms with van der Waals surface area (Å²) in [4.78, 5) is 27.7. The molecule has 1 atom stereocenters. The fourth-order valence-corrected chi connectivity index (χ4v) is 4.02. The first kappa shape index (κ1) is 22.0. The zero-order chi connectivity index (χ0) is 21.3. The van der Waals surface area contributed by atoms with Gasteiger partial charge in [-0.2, -0.15) is 0 Å². The number of hydrogen-bond donors (Lipinski definition) is 1. The summed E-state index contributed by atoms with van der Waals surface area (Å²) in [7, 11) is 0. The first-order chi connectivity index (χ1) is 14.5. The molecule has 5 heteroatoms. The Labute approximate surface area is 178 Å². The van der Waals surface area contributed by atoms with E-state index in [9.17, 15) is 14.0 Å². The molecule has 1 N–H and O–H groups in total. The molecule has 1 unspecified atom stereocenters. The van der Waals surface area contributed by atoms with Crippen LogP contribution in [0.15, 0.2) is 54.6 Å². The maximum atomic E-state index is 13.2. The quantitative estimate of drug-likeness (QED) is 0.706. The molecule has 160 valence electrons. The number of rotatable bonds is 8.